The van der Waals surface area contributed by atoms with E-state index in [1.54, 1.807) is 16.3 Å². The molecule has 1 atom stereocenters. The lowest BCUT2D eigenvalue weighted by atomic mass is 10.0. The lowest BCUT2D eigenvalue weighted by Gasteiger charge is -2.36. The summed E-state index contributed by atoms with van der Waals surface area (Å²) in [7, 11) is 0. The Kier molecular flexibility index (Phi) is 5.00. The van der Waals surface area contributed by atoms with Gasteiger partial charge in [0, 0.05) is 31.4 Å². The Labute approximate surface area is 138 Å². The van der Waals surface area contributed by atoms with Crippen molar-refractivity contribution < 1.29 is 9.18 Å². The van der Waals surface area contributed by atoms with Gasteiger partial charge in [-0.05, 0) is 24.2 Å². The molecule has 122 valence electrons. The number of thiazole rings is 1. The topological polar surface area (TPSA) is 71.2 Å². The fourth-order valence-electron chi connectivity index (χ4n) is 2.75. The maximum absolute atomic E-state index is 13.5. The second-order valence-electron chi connectivity index (χ2n) is 5.44. The number of nitrogens with one attached hydrogen (secondary N) is 1. The lowest BCUT2D eigenvalue weighted by molar-refractivity contribution is 0.0628. The molecule has 1 amide bonds. The molecule has 0 spiro atoms. The van der Waals surface area contributed by atoms with Crippen molar-refractivity contribution >= 4 is 17.2 Å². The molecule has 2 heterocycles. The standard InChI is InChI=1S/C16H19FN4OS/c17-12-3-1-2-11(8-12)14-9-19-6-7-21(14)16(22)13-10-23-15(20-13)4-5-18/h1-3,8,10,14,19H,4-7,9,18H2. The van der Waals surface area contributed by atoms with Crippen molar-refractivity contribution in [3.63, 3.8) is 0 Å². The Morgan fingerprint density at radius 2 is 2.39 bits per heavy atom. The average molecular weight is 334 g/mol. The average Bonchev–Trinajstić information content (AvgIpc) is 3.03. The molecule has 1 aliphatic rings. The van der Waals surface area contributed by atoms with Crippen LogP contribution in [0.3, 0.4) is 0 Å². The molecule has 0 bridgehead atoms. The van der Waals surface area contributed by atoms with Gasteiger partial charge in [0.15, 0.2) is 0 Å². The van der Waals surface area contributed by atoms with Gasteiger partial charge in [-0.3, -0.25) is 4.79 Å². The van der Waals surface area contributed by atoms with Crippen molar-refractivity contribution in [1.29, 1.82) is 0 Å². The number of amides is 1. The number of piperazine rings is 1. The van der Waals surface area contributed by atoms with Crippen molar-refractivity contribution in [2.45, 2.75) is 12.5 Å². The number of aromatic nitrogens is 1. The normalized spacial score (nSPS) is 18.2. The third-order valence-corrected chi connectivity index (χ3v) is 4.78. The largest absolute Gasteiger partial charge is 0.330 e. The molecule has 23 heavy (non-hydrogen) atoms. The number of nitrogens with zero attached hydrogens (tertiary/aromatic N) is 2. The van der Waals surface area contributed by atoms with Crippen LogP contribution in [-0.4, -0.2) is 42.0 Å². The van der Waals surface area contributed by atoms with Crippen molar-refractivity contribution in [2.75, 3.05) is 26.2 Å². The van der Waals surface area contributed by atoms with Crippen molar-refractivity contribution in [3.05, 3.63) is 51.7 Å². The highest BCUT2D eigenvalue weighted by molar-refractivity contribution is 7.09. The third kappa shape index (κ3) is 3.57. The number of nitrogens with two attached hydrogens (primary N) is 1. The molecule has 0 aliphatic carbocycles. The third-order valence-electron chi connectivity index (χ3n) is 3.87. The summed E-state index contributed by atoms with van der Waals surface area (Å²) >= 11 is 1.45. The SMILES string of the molecule is NCCc1nc(C(=O)N2CCNCC2c2cccc(F)c2)cs1. The van der Waals surface area contributed by atoms with Gasteiger partial charge in [-0.2, -0.15) is 0 Å². The molecule has 0 radical (unpaired) electrons. The van der Waals surface area contributed by atoms with E-state index in [0.717, 1.165) is 17.1 Å². The van der Waals surface area contributed by atoms with Gasteiger partial charge in [0.25, 0.3) is 5.91 Å². The van der Waals surface area contributed by atoms with Crippen molar-refractivity contribution in [3.8, 4) is 0 Å². The molecule has 3 N–H and O–H groups in total. The number of hydrogen-bond acceptors (Lipinski definition) is 5. The molecular weight excluding hydrogens is 315 g/mol. The Morgan fingerprint density at radius 1 is 1.52 bits per heavy atom. The molecule has 0 saturated carbocycles. The molecule has 1 aliphatic heterocycles. The zero-order valence-electron chi connectivity index (χ0n) is 12.7. The van der Waals surface area contributed by atoms with Gasteiger partial charge in [0.1, 0.15) is 11.5 Å². The monoisotopic (exact) mass is 334 g/mol. The first-order chi connectivity index (χ1) is 11.2. The molecule has 1 unspecified atom stereocenters. The second-order valence-corrected chi connectivity index (χ2v) is 6.38. The number of halogens is 1. The van der Waals surface area contributed by atoms with Gasteiger partial charge in [-0.15, -0.1) is 11.3 Å². The van der Waals surface area contributed by atoms with Gasteiger partial charge in [0.2, 0.25) is 0 Å². The summed E-state index contributed by atoms with van der Waals surface area (Å²) in [5, 5.41) is 5.91. The highest BCUT2D eigenvalue weighted by Crippen LogP contribution is 2.25. The highest BCUT2D eigenvalue weighted by Gasteiger charge is 2.30. The Bertz CT molecular complexity index is 690. The van der Waals surface area contributed by atoms with Crippen LogP contribution in [0.2, 0.25) is 0 Å². The minimum absolute atomic E-state index is 0.111. The zero-order chi connectivity index (χ0) is 16.2. The van der Waals surface area contributed by atoms with Crippen LogP contribution in [-0.2, 0) is 6.42 Å². The van der Waals surface area contributed by atoms with Crippen LogP contribution in [0, 0.1) is 5.82 Å². The number of rotatable bonds is 4. The first-order valence-electron chi connectivity index (χ1n) is 7.60. The molecule has 2 aromatic rings. The van der Waals surface area contributed by atoms with Crippen LogP contribution in [0.5, 0.6) is 0 Å². The van der Waals surface area contributed by atoms with E-state index in [0.29, 0.717) is 31.7 Å². The van der Waals surface area contributed by atoms with E-state index in [4.69, 9.17) is 5.73 Å². The van der Waals surface area contributed by atoms with Gasteiger partial charge in [-0.1, -0.05) is 12.1 Å². The van der Waals surface area contributed by atoms with E-state index in [-0.39, 0.29) is 17.8 Å². The second kappa shape index (κ2) is 7.16. The Hall–Kier alpha value is -1.83. The van der Waals surface area contributed by atoms with E-state index >= 15 is 0 Å². The van der Waals surface area contributed by atoms with Gasteiger partial charge < -0.3 is 16.0 Å². The van der Waals surface area contributed by atoms with Crippen molar-refractivity contribution in [1.82, 2.24) is 15.2 Å². The molecule has 1 aromatic heterocycles. The molecule has 1 saturated heterocycles. The summed E-state index contributed by atoms with van der Waals surface area (Å²) < 4.78 is 13.5. The van der Waals surface area contributed by atoms with Gasteiger partial charge in [-0.25, -0.2) is 9.37 Å². The first kappa shape index (κ1) is 16.0. The fraction of sp³-hybridized carbons (Fsp3) is 0.375. The van der Waals surface area contributed by atoms with E-state index in [9.17, 15) is 9.18 Å². The fourth-order valence-corrected chi connectivity index (χ4v) is 3.54. The van der Waals surface area contributed by atoms with Crippen LogP contribution >= 0.6 is 11.3 Å². The summed E-state index contributed by atoms with van der Waals surface area (Å²) in [6.07, 6.45) is 0.673. The summed E-state index contributed by atoms with van der Waals surface area (Å²) in [4.78, 5) is 18.9. The predicted octanol–water partition coefficient (Wildman–Crippen LogP) is 1.57. The van der Waals surface area contributed by atoms with E-state index in [2.05, 4.69) is 10.3 Å². The van der Waals surface area contributed by atoms with Crippen LogP contribution in [0.4, 0.5) is 4.39 Å². The predicted molar refractivity (Wildman–Crippen MR) is 87.9 cm³/mol. The lowest BCUT2D eigenvalue weighted by Crippen LogP contribution is -2.48. The minimum Gasteiger partial charge on any atom is -0.330 e. The van der Waals surface area contributed by atoms with E-state index in [1.165, 1.54) is 23.5 Å². The maximum atomic E-state index is 13.5. The quantitative estimate of drug-likeness (QED) is 0.890. The number of carbonyl (C=O) groups is 1. The van der Waals surface area contributed by atoms with Crippen LogP contribution in [0.25, 0.3) is 0 Å². The van der Waals surface area contributed by atoms with Crippen molar-refractivity contribution in [2.24, 2.45) is 5.73 Å². The summed E-state index contributed by atoms with van der Waals surface area (Å²) in [6.45, 7) is 2.41. The van der Waals surface area contributed by atoms with Crippen LogP contribution in [0.1, 0.15) is 27.1 Å². The van der Waals surface area contributed by atoms with E-state index < -0.39 is 0 Å². The molecule has 3 rings (SSSR count). The smallest absolute Gasteiger partial charge is 0.273 e. The molecule has 1 aromatic carbocycles. The number of carbonyl (C=O) groups excluding carboxylic acids is 1. The zero-order valence-corrected chi connectivity index (χ0v) is 13.5. The number of benzene rings is 1. The Morgan fingerprint density at radius 3 is 3.17 bits per heavy atom. The molecule has 5 nitrogen and oxygen atoms in total. The number of hydrogen-bond donors (Lipinski definition) is 2. The van der Waals surface area contributed by atoms with Gasteiger partial charge in [0.05, 0.1) is 11.0 Å². The summed E-state index contributed by atoms with van der Waals surface area (Å²) in [5.74, 6) is -0.403. The first-order valence-corrected chi connectivity index (χ1v) is 8.48. The highest BCUT2D eigenvalue weighted by atomic mass is 32.1. The van der Waals surface area contributed by atoms with Gasteiger partial charge >= 0.3 is 0 Å². The molecule has 1 fully saturated rings. The van der Waals surface area contributed by atoms with E-state index in [1.807, 2.05) is 6.07 Å². The summed E-state index contributed by atoms with van der Waals surface area (Å²) in [5.41, 5.74) is 6.77. The maximum Gasteiger partial charge on any atom is 0.273 e. The molecular formula is C16H19FN4OS. The Balaban J connectivity index is 1.84. The minimum atomic E-state index is -0.292. The van der Waals surface area contributed by atoms with Crippen LogP contribution in [0.15, 0.2) is 29.6 Å². The molecule has 7 heteroatoms. The summed E-state index contributed by atoms with van der Waals surface area (Å²) in [6, 6.07) is 6.22. The van der Waals surface area contributed by atoms with Crippen LogP contribution < -0.4 is 11.1 Å².